The van der Waals surface area contributed by atoms with Crippen molar-refractivity contribution in [2.24, 2.45) is 12.8 Å². The van der Waals surface area contributed by atoms with Gasteiger partial charge in [0.25, 0.3) is 5.91 Å². The minimum atomic E-state index is -5.32. The fourth-order valence-electron chi connectivity index (χ4n) is 3.12. The van der Waals surface area contributed by atoms with E-state index in [1.54, 1.807) is 13.1 Å². The lowest BCUT2D eigenvalue weighted by atomic mass is 10.1. The van der Waals surface area contributed by atoms with Crippen molar-refractivity contribution in [3.63, 3.8) is 0 Å². The molecule has 3 rings (SSSR count). The number of nitrogens with two attached hydrogens (primary N) is 1. The van der Waals surface area contributed by atoms with Gasteiger partial charge in [0.05, 0.1) is 29.6 Å². The molecule has 0 saturated heterocycles. The van der Waals surface area contributed by atoms with Crippen molar-refractivity contribution in [3.8, 4) is 28.5 Å². The number of hydrogen-bond acceptors (Lipinski definition) is 7. The van der Waals surface area contributed by atoms with Crippen LogP contribution in [-0.4, -0.2) is 48.1 Å². The number of hydrogen-bond donors (Lipinski definition) is 2. The summed E-state index contributed by atoms with van der Waals surface area (Å²) in [6.45, 7) is 0.446. The van der Waals surface area contributed by atoms with Gasteiger partial charge in [0.2, 0.25) is 0 Å². The number of rotatable bonds is 8. The number of nitrogens with one attached hydrogen (secondary N) is 1. The molecule has 36 heavy (non-hydrogen) atoms. The molecule has 0 atom stereocenters. The molecule has 0 spiro atoms. The Hall–Kier alpha value is -3.48. The summed E-state index contributed by atoms with van der Waals surface area (Å²) < 4.78 is 55.0. The van der Waals surface area contributed by atoms with E-state index in [0.717, 1.165) is 6.07 Å². The highest BCUT2D eigenvalue weighted by Gasteiger charge is 2.42. The van der Waals surface area contributed by atoms with Crippen LogP contribution < -0.4 is 25.3 Å². The van der Waals surface area contributed by atoms with Crippen molar-refractivity contribution in [2.45, 2.75) is 6.18 Å². The van der Waals surface area contributed by atoms with Gasteiger partial charge in [-0.1, -0.05) is 23.2 Å². The maximum atomic E-state index is 13.0. The molecule has 3 N–H and O–H groups in total. The Balaban J connectivity index is 2.01. The third-order valence-corrected chi connectivity index (χ3v) is 5.35. The molecule has 1 amide bonds. The number of aromatic nitrogens is 2. The first-order valence-electron chi connectivity index (χ1n) is 10.1. The third kappa shape index (κ3) is 5.83. The first kappa shape index (κ1) is 27.1. The van der Waals surface area contributed by atoms with Crippen LogP contribution in [0.25, 0.3) is 11.3 Å². The van der Waals surface area contributed by atoms with E-state index in [4.69, 9.17) is 38.4 Å². The third-order valence-electron chi connectivity index (χ3n) is 4.71. The molecular weight excluding hydrogens is 528 g/mol. The van der Waals surface area contributed by atoms with Crippen LogP contribution in [0, 0.1) is 0 Å². The minimum Gasteiger partial charge on any atom is -0.495 e. The number of benzene rings is 2. The Bertz CT molecular complexity index is 1280. The largest absolute Gasteiger partial charge is 0.495 e. The fourth-order valence-corrected chi connectivity index (χ4v) is 3.67. The van der Waals surface area contributed by atoms with Crippen LogP contribution >= 0.6 is 23.2 Å². The number of aryl methyl sites for hydroxylation is 1. The molecule has 0 aliphatic heterocycles. The number of carbonyl (C=O) groups excluding carboxylic acids is 2. The van der Waals surface area contributed by atoms with Crippen molar-refractivity contribution in [1.82, 2.24) is 9.78 Å². The van der Waals surface area contributed by atoms with E-state index in [2.05, 4.69) is 15.2 Å². The number of carbonyl (C=O) groups is 2. The first-order chi connectivity index (χ1) is 17.0. The lowest BCUT2D eigenvalue weighted by molar-refractivity contribution is -0.189. The van der Waals surface area contributed by atoms with Gasteiger partial charge in [-0.25, -0.2) is 4.79 Å². The zero-order chi connectivity index (χ0) is 26.6. The molecule has 14 heteroatoms. The van der Waals surface area contributed by atoms with Crippen molar-refractivity contribution < 1.29 is 37.0 Å². The van der Waals surface area contributed by atoms with E-state index in [0.29, 0.717) is 22.0 Å². The van der Waals surface area contributed by atoms with Gasteiger partial charge in [0, 0.05) is 24.8 Å². The van der Waals surface area contributed by atoms with Gasteiger partial charge in [-0.2, -0.15) is 18.3 Å². The Morgan fingerprint density at radius 2 is 1.86 bits per heavy atom. The lowest BCUT2D eigenvalue weighted by Gasteiger charge is -2.16. The number of anilines is 1. The fraction of sp³-hybridized carbons (Fsp3) is 0.227. The molecular formula is C22H19Cl2F3N4O5. The Kier molecular flexibility index (Phi) is 8.33. The highest BCUT2D eigenvalue weighted by Crippen LogP contribution is 2.40. The zero-order valence-electron chi connectivity index (χ0n) is 18.8. The highest BCUT2D eigenvalue weighted by molar-refractivity contribution is 6.34. The number of amides is 1. The molecule has 0 bridgehead atoms. The number of methoxy groups -OCH3 is 1. The maximum Gasteiger partial charge on any atom is 0.491 e. The highest BCUT2D eigenvalue weighted by atomic mass is 35.5. The van der Waals surface area contributed by atoms with E-state index in [-0.39, 0.29) is 24.6 Å². The van der Waals surface area contributed by atoms with Crippen LogP contribution in [-0.2, 0) is 11.8 Å². The molecule has 0 fully saturated rings. The van der Waals surface area contributed by atoms with Crippen LogP contribution in [0.1, 0.15) is 10.4 Å². The molecule has 0 unspecified atom stereocenters. The summed E-state index contributed by atoms with van der Waals surface area (Å²) in [4.78, 5) is 24.5. The molecule has 192 valence electrons. The number of halogens is 5. The Morgan fingerprint density at radius 1 is 1.17 bits per heavy atom. The van der Waals surface area contributed by atoms with Crippen LogP contribution in [0.5, 0.6) is 17.2 Å². The van der Waals surface area contributed by atoms with Gasteiger partial charge >= 0.3 is 12.1 Å². The van der Waals surface area contributed by atoms with Gasteiger partial charge in [-0.05, 0) is 30.3 Å². The van der Waals surface area contributed by atoms with Gasteiger partial charge in [-0.3, -0.25) is 9.48 Å². The molecule has 1 aromatic heterocycles. The van der Waals surface area contributed by atoms with Gasteiger partial charge in [0.15, 0.2) is 5.75 Å². The summed E-state index contributed by atoms with van der Waals surface area (Å²) in [5.74, 6) is -3.99. The molecule has 3 aromatic rings. The molecule has 0 radical (unpaired) electrons. The predicted molar refractivity (Wildman–Crippen MR) is 126 cm³/mol. The Labute approximate surface area is 212 Å². The van der Waals surface area contributed by atoms with E-state index in [1.165, 1.54) is 36.2 Å². The standard InChI is InChI=1S/C22H19Cl2F3N4O5/c1-31-18(14(23)10-29-31)13-9-11(3-5-15(13)35-8-7-28)30-20(32)12-4-6-16(34-2)17(24)19(12)36-21(33)22(25,26)27/h3-6,9-10H,7-8,28H2,1-2H3,(H,30,32). The first-order valence-corrected chi connectivity index (χ1v) is 10.8. The van der Waals surface area contributed by atoms with Gasteiger partial charge < -0.3 is 25.3 Å². The summed E-state index contributed by atoms with van der Waals surface area (Å²) in [7, 11) is 2.86. The van der Waals surface area contributed by atoms with E-state index >= 15 is 0 Å². The van der Waals surface area contributed by atoms with Crippen molar-refractivity contribution >= 4 is 40.8 Å². The predicted octanol–water partition coefficient (Wildman–Crippen LogP) is 4.46. The van der Waals surface area contributed by atoms with Gasteiger partial charge in [-0.15, -0.1) is 0 Å². The second kappa shape index (κ2) is 11.1. The van der Waals surface area contributed by atoms with E-state index < -0.39 is 34.4 Å². The number of nitrogens with zero attached hydrogens (tertiary/aromatic N) is 2. The SMILES string of the molecule is COc1ccc(C(=O)Nc2ccc(OCCN)c(-c3c(Cl)cnn3C)c2)c(OC(=O)C(F)(F)F)c1Cl. The molecule has 1 heterocycles. The normalized spacial score (nSPS) is 11.2. The van der Waals surface area contributed by atoms with Crippen molar-refractivity contribution in [3.05, 3.63) is 52.1 Å². The van der Waals surface area contributed by atoms with E-state index in [1.807, 2.05) is 0 Å². The average Bonchev–Trinajstić information content (AvgIpc) is 3.16. The summed E-state index contributed by atoms with van der Waals surface area (Å²) in [6.07, 6.45) is -3.90. The molecule has 2 aromatic carbocycles. The smallest absolute Gasteiger partial charge is 0.491 e. The number of esters is 1. The molecule has 9 nitrogen and oxygen atoms in total. The minimum absolute atomic E-state index is 0.104. The monoisotopic (exact) mass is 546 g/mol. The maximum absolute atomic E-state index is 13.0. The summed E-state index contributed by atoms with van der Waals surface area (Å²) in [5, 5.41) is 6.44. The lowest BCUT2D eigenvalue weighted by Crippen LogP contribution is -2.29. The summed E-state index contributed by atoms with van der Waals surface area (Å²) >= 11 is 12.3. The second-order valence-electron chi connectivity index (χ2n) is 7.11. The molecule has 0 aliphatic rings. The molecule has 0 aliphatic carbocycles. The summed E-state index contributed by atoms with van der Waals surface area (Å²) in [6, 6.07) is 6.92. The molecule has 0 saturated carbocycles. The second-order valence-corrected chi connectivity index (χ2v) is 7.90. The van der Waals surface area contributed by atoms with Crippen LogP contribution in [0.3, 0.4) is 0 Å². The van der Waals surface area contributed by atoms with Crippen LogP contribution in [0.15, 0.2) is 36.5 Å². The van der Waals surface area contributed by atoms with Crippen LogP contribution in [0.2, 0.25) is 10.0 Å². The van der Waals surface area contributed by atoms with Crippen LogP contribution in [0.4, 0.5) is 18.9 Å². The number of ether oxygens (including phenoxy) is 3. The van der Waals surface area contributed by atoms with E-state index in [9.17, 15) is 22.8 Å². The number of alkyl halides is 3. The summed E-state index contributed by atoms with van der Waals surface area (Å²) in [5.41, 5.74) is 6.23. The van der Waals surface area contributed by atoms with Crippen molar-refractivity contribution in [1.29, 1.82) is 0 Å². The average molecular weight is 547 g/mol. The Morgan fingerprint density at radius 3 is 2.44 bits per heavy atom. The quantitative estimate of drug-likeness (QED) is 0.316. The zero-order valence-corrected chi connectivity index (χ0v) is 20.3. The van der Waals surface area contributed by atoms with Crippen molar-refractivity contribution in [2.75, 3.05) is 25.6 Å². The topological polar surface area (TPSA) is 118 Å². The van der Waals surface area contributed by atoms with Gasteiger partial charge in [0.1, 0.15) is 23.1 Å².